The molecule has 0 saturated carbocycles. The molecule has 3 rings (SSSR count). The summed E-state index contributed by atoms with van der Waals surface area (Å²) in [4.78, 5) is 17.3. The van der Waals surface area contributed by atoms with Crippen LogP contribution in [0.5, 0.6) is 0 Å². The van der Waals surface area contributed by atoms with Gasteiger partial charge in [0.1, 0.15) is 0 Å². The molecule has 1 aliphatic heterocycles. The van der Waals surface area contributed by atoms with Crippen LogP contribution < -0.4 is 0 Å². The molecule has 4 nitrogen and oxygen atoms in total. The van der Waals surface area contributed by atoms with Crippen molar-refractivity contribution in [3.8, 4) is 0 Å². The SMILES string of the molecule is C=C(C)N1CC(C(=O)n2cc(CCN(C)C)c3cc(C)ccc32)C1. The van der Waals surface area contributed by atoms with E-state index in [9.17, 15) is 4.79 Å². The minimum atomic E-state index is 0.0697. The molecule has 0 unspecified atom stereocenters. The van der Waals surface area contributed by atoms with E-state index in [-0.39, 0.29) is 11.8 Å². The van der Waals surface area contributed by atoms with Gasteiger partial charge >= 0.3 is 0 Å². The fraction of sp³-hybridized carbons (Fsp3) is 0.450. The molecule has 1 aromatic heterocycles. The van der Waals surface area contributed by atoms with Gasteiger partial charge in [-0.05, 0) is 52.1 Å². The Labute approximate surface area is 144 Å². The van der Waals surface area contributed by atoms with E-state index < -0.39 is 0 Å². The Balaban J connectivity index is 1.90. The Kier molecular flexibility index (Phi) is 4.50. The maximum atomic E-state index is 12.9. The highest BCUT2D eigenvalue weighted by Crippen LogP contribution is 2.27. The summed E-state index contributed by atoms with van der Waals surface area (Å²) >= 11 is 0. The zero-order valence-electron chi connectivity index (χ0n) is 15.2. The molecular formula is C20H27N3O. The van der Waals surface area contributed by atoms with Crippen molar-refractivity contribution >= 4 is 16.8 Å². The molecule has 2 heterocycles. The molecule has 1 aromatic carbocycles. The van der Waals surface area contributed by atoms with Crippen LogP contribution in [0.4, 0.5) is 0 Å². The van der Waals surface area contributed by atoms with Crippen molar-refractivity contribution in [2.75, 3.05) is 33.7 Å². The summed E-state index contributed by atoms with van der Waals surface area (Å²) in [6.45, 7) is 10.6. The summed E-state index contributed by atoms with van der Waals surface area (Å²) in [5, 5.41) is 1.21. The number of nitrogens with zero attached hydrogens (tertiary/aromatic N) is 3. The van der Waals surface area contributed by atoms with Crippen molar-refractivity contribution < 1.29 is 4.79 Å². The molecule has 0 amide bonds. The molecule has 128 valence electrons. The Hall–Kier alpha value is -2.07. The summed E-state index contributed by atoms with van der Waals surface area (Å²) in [6.07, 6.45) is 3.01. The van der Waals surface area contributed by atoms with Crippen LogP contribution in [-0.4, -0.2) is 54.0 Å². The van der Waals surface area contributed by atoms with Crippen LogP contribution in [-0.2, 0) is 6.42 Å². The maximum absolute atomic E-state index is 12.9. The average molecular weight is 325 g/mol. The highest BCUT2D eigenvalue weighted by Gasteiger charge is 2.33. The van der Waals surface area contributed by atoms with Gasteiger partial charge in [0.15, 0.2) is 0 Å². The number of fused-ring (bicyclic) bond motifs is 1. The number of benzene rings is 1. The summed E-state index contributed by atoms with van der Waals surface area (Å²) in [7, 11) is 4.16. The number of allylic oxidation sites excluding steroid dienone is 1. The van der Waals surface area contributed by atoms with Gasteiger partial charge in [-0.3, -0.25) is 9.36 Å². The molecule has 0 bridgehead atoms. The van der Waals surface area contributed by atoms with Crippen molar-refractivity contribution in [1.29, 1.82) is 0 Å². The molecule has 2 aromatic rings. The molecule has 0 N–H and O–H groups in total. The van der Waals surface area contributed by atoms with Crippen LogP contribution in [0.2, 0.25) is 0 Å². The lowest BCUT2D eigenvalue weighted by Crippen LogP contribution is -2.50. The van der Waals surface area contributed by atoms with Gasteiger partial charge in [-0.2, -0.15) is 0 Å². The number of hydrogen-bond donors (Lipinski definition) is 0. The lowest BCUT2D eigenvalue weighted by atomic mass is 9.98. The van der Waals surface area contributed by atoms with Crippen LogP contribution in [0.15, 0.2) is 36.7 Å². The first-order chi connectivity index (χ1) is 11.4. The number of aryl methyl sites for hydroxylation is 1. The third kappa shape index (κ3) is 3.11. The van der Waals surface area contributed by atoms with E-state index in [1.165, 1.54) is 16.5 Å². The van der Waals surface area contributed by atoms with E-state index in [4.69, 9.17) is 0 Å². The molecule has 24 heavy (non-hydrogen) atoms. The first-order valence-corrected chi connectivity index (χ1v) is 8.57. The highest BCUT2D eigenvalue weighted by molar-refractivity contribution is 5.96. The van der Waals surface area contributed by atoms with Crippen molar-refractivity contribution in [2.45, 2.75) is 20.3 Å². The monoisotopic (exact) mass is 325 g/mol. The molecule has 0 spiro atoms. The predicted molar refractivity (Wildman–Crippen MR) is 99.4 cm³/mol. The molecule has 0 radical (unpaired) electrons. The third-order valence-corrected chi connectivity index (χ3v) is 4.88. The number of rotatable bonds is 5. The van der Waals surface area contributed by atoms with Crippen molar-refractivity contribution in [3.05, 3.63) is 47.8 Å². The fourth-order valence-corrected chi connectivity index (χ4v) is 3.28. The second-order valence-corrected chi connectivity index (χ2v) is 7.27. The smallest absolute Gasteiger partial charge is 0.237 e. The van der Waals surface area contributed by atoms with E-state index >= 15 is 0 Å². The quantitative estimate of drug-likeness (QED) is 0.845. The van der Waals surface area contributed by atoms with Gasteiger partial charge in [0.05, 0.1) is 11.4 Å². The van der Waals surface area contributed by atoms with E-state index in [1.54, 1.807) is 0 Å². The van der Waals surface area contributed by atoms with Crippen LogP contribution in [0.3, 0.4) is 0 Å². The summed E-state index contributed by atoms with van der Waals surface area (Å²) in [6, 6.07) is 6.37. The summed E-state index contributed by atoms with van der Waals surface area (Å²) < 4.78 is 1.88. The number of hydrogen-bond acceptors (Lipinski definition) is 3. The van der Waals surface area contributed by atoms with Gasteiger partial charge in [-0.15, -0.1) is 0 Å². The van der Waals surface area contributed by atoms with Gasteiger partial charge in [-0.25, -0.2) is 0 Å². The Morgan fingerprint density at radius 1 is 1.33 bits per heavy atom. The second kappa shape index (κ2) is 6.44. The first-order valence-electron chi connectivity index (χ1n) is 8.57. The number of carbonyl (C=O) groups excluding carboxylic acids is 1. The van der Waals surface area contributed by atoms with E-state index in [2.05, 4.69) is 61.8 Å². The van der Waals surface area contributed by atoms with Gasteiger partial charge in [0, 0.05) is 36.9 Å². The molecule has 4 heteroatoms. The lowest BCUT2D eigenvalue weighted by Gasteiger charge is -2.40. The lowest BCUT2D eigenvalue weighted by molar-refractivity contribution is 0.0637. The van der Waals surface area contributed by atoms with Crippen molar-refractivity contribution in [3.63, 3.8) is 0 Å². The normalized spacial score (nSPS) is 15.1. The minimum Gasteiger partial charge on any atom is -0.374 e. The molecular weight excluding hydrogens is 298 g/mol. The number of aromatic nitrogens is 1. The first kappa shape index (κ1) is 16.8. The van der Waals surface area contributed by atoms with Gasteiger partial charge in [0.25, 0.3) is 0 Å². The Morgan fingerprint density at radius 3 is 2.67 bits per heavy atom. The van der Waals surface area contributed by atoms with E-state index in [1.807, 2.05) is 11.5 Å². The average Bonchev–Trinajstić information content (AvgIpc) is 2.80. The maximum Gasteiger partial charge on any atom is 0.237 e. The molecule has 1 saturated heterocycles. The van der Waals surface area contributed by atoms with Gasteiger partial charge < -0.3 is 9.80 Å². The van der Waals surface area contributed by atoms with Crippen molar-refractivity contribution in [2.24, 2.45) is 5.92 Å². The molecule has 1 fully saturated rings. The van der Waals surface area contributed by atoms with Gasteiger partial charge in [-0.1, -0.05) is 18.2 Å². The largest absolute Gasteiger partial charge is 0.374 e. The molecule has 0 atom stereocenters. The predicted octanol–water partition coefficient (Wildman–Crippen LogP) is 3.16. The third-order valence-electron chi connectivity index (χ3n) is 4.88. The van der Waals surface area contributed by atoms with Crippen LogP contribution in [0.1, 0.15) is 22.8 Å². The van der Waals surface area contributed by atoms with Gasteiger partial charge in [0.2, 0.25) is 5.91 Å². The van der Waals surface area contributed by atoms with Crippen LogP contribution in [0, 0.1) is 12.8 Å². The van der Waals surface area contributed by atoms with E-state index in [0.717, 1.165) is 37.3 Å². The van der Waals surface area contributed by atoms with Crippen molar-refractivity contribution in [1.82, 2.24) is 14.4 Å². The van der Waals surface area contributed by atoms with Crippen LogP contribution >= 0.6 is 0 Å². The fourth-order valence-electron chi connectivity index (χ4n) is 3.28. The van der Waals surface area contributed by atoms with Crippen LogP contribution in [0.25, 0.3) is 10.9 Å². The standard InChI is InChI=1S/C20H27N3O/c1-14(2)22-11-17(12-22)20(24)23-13-16(8-9-21(4)5)18-10-15(3)6-7-19(18)23/h6-7,10,13,17H,1,8-9,11-12H2,2-5H3. The Bertz CT molecular complexity index is 782. The second-order valence-electron chi connectivity index (χ2n) is 7.27. The number of likely N-dealkylation sites (N-methyl/N-ethyl adjacent to an activating group) is 1. The summed E-state index contributed by atoms with van der Waals surface area (Å²) in [5.74, 6) is 0.276. The minimum absolute atomic E-state index is 0.0697. The Morgan fingerprint density at radius 2 is 2.04 bits per heavy atom. The topological polar surface area (TPSA) is 28.5 Å². The number of likely N-dealkylation sites (tertiary alicyclic amines) is 1. The zero-order chi connectivity index (χ0) is 17.4. The highest BCUT2D eigenvalue weighted by atomic mass is 16.2. The number of carbonyl (C=O) groups is 1. The summed E-state index contributed by atoms with van der Waals surface area (Å²) in [5.41, 5.74) is 4.56. The molecule has 0 aliphatic carbocycles. The zero-order valence-corrected chi connectivity index (χ0v) is 15.2. The van der Waals surface area contributed by atoms with E-state index in [0.29, 0.717) is 0 Å². The molecule has 1 aliphatic rings.